The number of carbonyl (C=O) groups excluding carboxylic acids is 3. The van der Waals surface area contributed by atoms with E-state index in [1.807, 2.05) is 61.5 Å². The second-order valence-electron chi connectivity index (χ2n) is 7.59. The molecule has 0 saturated carbocycles. The summed E-state index contributed by atoms with van der Waals surface area (Å²) in [6.07, 6.45) is 1.53. The Morgan fingerprint density at radius 2 is 1.00 bits per heavy atom. The average Bonchev–Trinajstić information content (AvgIpc) is 3.13. The van der Waals surface area contributed by atoms with Gasteiger partial charge < -0.3 is 9.47 Å². The quantitative estimate of drug-likeness (QED) is 0.225. The van der Waals surface area contributed by atoms with Gasteiger partial charge in [-0.05, 0) is 58.5 Å². The molecule has 0 fully saturated rings. The minimum atomic E-state index is -0.497. The number of methoxy groups -OCH3 is 2. The maximum absolute atomic E-state index is 13.3. The normalized spacial score (nSPS) is 11.4. The molecule has 4 rings (SSSR count). The molecule has 0 radical (unpaired) electrons. The Labute approximate surface area is 192 Å². The fraction of sp³-hybridized carbons (Fsp3) is 0.107. The van der Waals surface area contributed by atoms with E-state index in [4.69, 9.17) is 9.47 Å². The van der Waals surface area contributed by atoms with Crippen LogP contribution in [-0.4, -0.2) is 31.9 Å². The molecule has 0 heterocycles. The van der Waals surface area contributed by atoms with Gasteiger partial charge in [0, 0.05) is 5.56 Å². The molecule has 4 aliphatic rings. The van der Waals surface area contributed by atoms with Gasteiger partial charge in [-0.1, -0.05) is 60.7 Å². The summed E-state index contributed by atoms with van der Waals surface area (Å²) in [5.74, 6) is -1.18. The largest absolute Gasteiger partial charge is 0.465 e. The SMILES string of the molecule is COC(=O)c1cc(C(=O)/C=C(\C)c2cc(C(=O)OC)c3cccccc2-3)c2cccccc1-2. The smallest absolute Gasteiger partial charge is 0.338 e. The zero-order valence-corrected chi connectivity index (χ0v) is 18.5. The van der Waals surface area contributed by atoms with E-state index in [0.29, 0.717) is 33.4 Å². The molecule has 0 aliphatic heterocycles. The van der Waals surface area contributed by atoms with Crippen LogP contribution in [0.1, 0.15) is 43.6 Å². The lowest BCUT2D eigenvalue weighted by atomic mass is 10.00. The van der Waals surface area contributed by atoms with Crippen molar-refractivity contribution in [2.45, 2.75) is 6.92 Å². The van der Waals surface area contributed by atoms with Crippen LogP contribution < -0.4 is 0 Å². The first-order valence-corrected chi connectivity index (χ1v) is 10.4. The maximum atomic E-state index is 13.3. The van der Waals surface area contributed by atoms with Gasteiger partial charge in [0.1, 0.15) is 0 Å². The molecular weight excluding hydrogens is 416 g/mol. The first kappa shape index (κ1) is 22.0. The predicted octanol–water partition coefficient (Wildman–Crippen LogP) is 5.76. The Morgan fingerprint density at radius 1 is 0.606 bits per heavy atom. The number of hydrogen-bond acceptors (Lipinski definition) is 5. The zero-order chi connectivity index (χ0) is 23.5. The van der Waals surface area contributed by atoms with Crippen LogP contribution in [0.4, 0.5) is 0 Å². The van der Waals surface area contributed by atoms with Crippen LogP contribution >= 0.6 is 0 Å². The highest BCUT2D eigenvalue weighted by molar-refractivity contribution is 6.17. The van der Waals surface area contributed by atoms with Gasteiger partial charge in [-0.25, -0.2) is 9.59 Å². The molecule has 0 N–H and O–H groups in total. The number of allylic oxidation sites excluding steroid dienone is 2. The number of esters is 2. The first-order valence-electron chi connectivity index (χ1n) is 10.4. The van der Waals surface area contributed by atoms with E-state index in [2.05, 4.69) is 0 Å². The van der Waals surface area contributed by atoms with Crippen LogP contribution in [0, 0.1) is 0 Å². The molecule has 0 aromatic heterocycles. The Bertz CT molecular complexity index is 1350. The fourth-order valence-electron chi connectivity index (χ4n) is 4.07. The monoisotopic (exact) mass is 438 g/mol. The lowest BCUT2D eigenvalue weighted by Gasteiger charge is -2.03. The Hall–Kier alpha value is -4.25. The molecule has 0 aromatic carbocycles. The number of ether oxygens (including phenoxy) is 2. The Balaban J connectivity index is 1.82. The topological polar surface area (TPSA) is 69.7 Å². The molecule has 164 valence electrons. The van der Waals surface area contributed by atoms with Crippen LogP contribution in [-0.2, 0) is 9.47 Å². The van der Waals surface area contributed by atoms with Crippen LogP contribution in [0.2, 0.25) is 0 Å². The molecule has 0 amide bonds. The molecule has 33 heavy (non-hydrogen) atoms. The van der Waals surface area contributed by atoms with Crippen molar-refractivity contribution in [1.29, 1.82) is 0 Å². The summed E-state index contributed by atoms with van der Waals surface area (Å²) >= 11 is 0. The van der Waals surface area contributed by atoms with E-state index in [1.165, 1.54) is 20.3 Å². The van der Waals surface area contributed by atoms with Crippen molar-refractivity contribution in [3.8, 4) is 22.3 Å². The van der Waals surface area contributed by atoms with Crippen LogP contribution in [0.5, 0.6) is 0 Å². The summed E-state index contributed by atoms with van der Waals surface area (Å²) in [7, 11) is 2.66. The highest BCUT2D eigenvalue weighted by Gasteiger charge is 2.25. The minimum Gasteiger partial charge on any atom is -0.465 e. The van der Waals surface area contributed by atoms with Crippen molar-refractivity contribution in [3.63, 3.8) is 0 Å². The van der Waals surface area contributed by atoms with E-state index in [-0.39, 0.29) is 5.78 Å². The summed E-state index contributed by atoms with van der Waals surface area (Å²) in [5, 5.41) is 0. The fourth-order valence-corrected chi connectivity index (χ4v) is 4.07. The Kier molecular flexibility index (Phi) is 6.05. The van der Waals surface area contributed by atoms with Gasteiger partial charge in [-0.15, -0.1) is 0 Å². The molecule has 0 aromatic rings. The third-order valence-corrected chi connectivity index (χ3v) is 5.66. The summed E-state index contributed by atoms with van der Waals surface area (Å²) in [6.45, 7) is 1.83. The second kappa shape index (κ2) is 9.09. The maximum Gasteiger partial charge on any atom is 0.338 e. The molecule has 0 saturated heterocycles. The number of hydrogen-bond donors (Lipinski definition) is 0. The van der Waals surface area contributed by atoms with Crippen molar-refractivity contribution in [2.75, 3.05) is 14.2 Å². The number of carbonyl (C=O) groups is 3. The van der Waals surface area contributed by atoms with Gasteiger partial charge in [0.2, 0.25) is 0 Å². The molecule has 0 spiro atoms. The molecule has 0 unspecified atom stereocenters. The van der Waals surface area contributed by atoms with E-state index >= 15 is 0 Å². The lowest BCUT2D eigenvalue weighted by Crippen LogP contribution is -2.00. The first-order chi connectivity index (χ1) is 16.0. The van der Waals surface area contributed by atoms with Gasteiger partial charge >= 0.3 is 11.9 Å². The van der Waals surface area contributed by atoms with Gasteiger partial charge in [0.15, 0.2) is 5.78 Å². The summed E-state index contributed by atoms with van der Waals surface area (Å²) in [5.41, 5.74) is 5.58. The van der Waals surface area contributed by atoms with Crippen LogP contribution in [0.3, 0.4) is 0 Å². The summed E-state index contributed by atoms with van der Waals surface area (Å²) < 4.78 is 9.84. The lowest BCUT2D eigenvalue weighted by molar-refractivity contribution is 0.0593. The minimum absolute atomic E-state index is 0.242. The second-order valence-corrected chi connectivity index (χ2v) is 7.59. The van der Waals surface area contributed by atoms with E-state index in [0.717, 1.165) is 16.7 Å². The van der Waals surface area contributed by atoms with E-state index in [9.17, 15) is 14.4 Å². The van der Waals surface area contributed by atoms with E-state index in [1.54, 1.807) is 18.2 Å². The number of fused-ring (bicyclic) bond motifs is 2. The van der Waals surface area contributed by atoms with Crippen LogP contribution in [0.15, 0.2) is 78.9 Å². The third-order valence-electron chi connectivity index (χ3n) is 5.66. The van der Waals surface area contributed by atoms with Crippen molar-refractivity contribution in [1.82, 2.24) is 0 Å². The molecule has 5 nitrogen and oxygen atoms in total. The standard InChI is InChI=1S/C28H22O5/c1-17(22-15-24(27(30)32-2)20-12-8-4-6-10-18(20)22)14-26(29)23-16-25(28(31)33-3)21-13-9-5-7-11-19(21)23/h4-16H,1-3H3/b17-14+. The molecule has 0 atom stereocenters. The molecule has 5 heteroatoms. The molecule has 4 aliphatic carbocycles. The van der Waals surface area contributed by atoms with Crippen LogP contribution in [0.25, 0.3) is 27.8 Å². The Morgan fingerprint density at radius 3 is 1.45 bits per heavy atom. The van der Waals surface area contributed by atoms with Gasteiger partial charge in [-0.3, -0.25) is 4.79 Å². The zero-order valence-electron chi connectivity index (χ0n) is 18.5. The van der Waals surface area contributed by atoms with Crippen molar-refractivity contribution >= 4 is 23.3 Å². The number of ketones is 1. The van der Waals surface area contributed by atoms with Crippen molar-refractivity contribution in [2.24, 2.45) is 0 Å². The average molecular weight is 438 g/mol. The van der Waals surface area contributed by atoms with Gasteiger partial charge in [0.25, 0.3) is 0 Å². The molecular formula is C28H22O5. The highest BCUT2D eigenvalue weighted by atomic mass is 16.5. The van der Waals surface area contributed by atoms with Crippen molar-refractivity contribution < 1.29 is 23.9 Å². The van der Waals surface area contributed by atoms with E-state index < -0.39 is 11.9 Å². The molecule has 0 bridgehead atoms. The van der Waals surface area contributed by atoms with Gasteiger partial charge in [0.05, 0.1) is 25.3 Å². The highest BCUT2D eigenvalue weighted by Crippen LogP contribution is 2.37. The van der Waals surface area contributed by atoms with Crippen molar-refractivity contribution in [3.05, 3.63) is 101 Å². The predicted molar refractivity (Wildman–Crippen MR) is 127 cm³/mol. The number of rotatable bonds is 5. The third kappa shape index (κ3) is 4.01. The summed E-state index contributed by atoms with van der Waals surface area (Å²) in [6, 6.07) is 21.8. The summed E-state index contributed by atoms with van der Waals surface area (Å²) in [4.78, 5) is 38.0. The van der Waals surface area contributed by atoms with Gasteiger partial charge in [-0.2, -0.15) is 0 Å².